The minimum Gasteiger partial charge on any atom is -0.497 e. The predicted molar refractivity (Wildman–Crippen MR) is 140 cm³/mol. The maximum Gasteiger partial charge on any atom is 0.254 e. The van der Waals surface area contributed by atoms with E-state index in [-0.39, 0.29) is 35.4 Å². The zero-order valence-electron chi connectivity index (χ0n) is 21.8. The van der Waals surface area contributed by atoms with E-state index in [1.54, 1.807) is 14.2 Å². The predicted octanol–water partition coefficient (Wildman–Crippen LogP) is 5.75. The van der Waals surface area contributed by atoms with Gasteiger partial charge in [-0.25, -0.2) is 8.78 Å². The lowest BCUT2D eigenvalue weighted by Crippen LogP contribution is -2.42. The molecule has 0 spiro atoms. The van der Waals surface area contributed by atoms with E-state index in [0.29, 0.717) is 18.7 Å². The van der Waals surface area contributed by atoms with Gasteiger partial charge in [0.2, 0.25) is 0 Å². The molecule has 1 fully saturated rings. The molecule has 37 heavy (non-hydrogen) atoms. The molecular formula is C30H34F2N2O3. The first kappa shape index (κ1) is 26.6. The third-order valence-corrected chi connectivity index (χ3v) is 7.04. The largest absolute Gasteiger partial charge is 0.497 e. The van der Waals surface area contributed by atoms with Crippen molar-refractivity contribution >= 4 is 5.91 Å². The Morgan fingerprint density at radius 2 is 1.49 bits per heavy atom. The molecule has 3 aromatic rings. The molecule has 0 N–H and O–H groups in total. The van der Waals surface area contributed by atoms with Gasteiger partial charge in [0.15, 0.2) is 0 Å². The van der Waals surface area contributed by atoms with Crippen molar-refractivity contribution in [3.63, 3.8) is 0 Å². The Morgan fingerprint density at radius 1 is 0.919 bits per heavy atom. The number of nitrogens with zero attached hydrogens (tertiary/aromatic N) is 2. The summed E-state index contributed by atoms with van der Waals surface area (Å²) in [5, 5.41) is 0. The van der Waals surface area contributed by atoms with Gasteiger partial charge in [-0.2, -0.15) is 0 Å². The lowest BCUT2D eigenvalue weighted by molar-refractivity contribution is 0.0668. The van der Waals surface area contributed by atoms with Gasteiger partial charge in [0, 0.05) is 49.8 Å². The van der Waals surface area contributed by atoms with Gasteiger partial charge in [-0.05, 0) is 79.4 Å². The molecule has 2 atom stereocenters. The highest BCUT2D eigenvalue weighted by atomic mass is 19.1. The van der Waals surface area contributed by atoms with Gasteiger partial charge < -0.3 is 14.4 Å². The molecule has 0 saturated carbocycles. The SMILES string of the molecule is COc1cc(CN2CC(CN(C(=O)c3ccc(F)cc3)C(C)C)C(c3ccc(F)cc3)C2)cc(OC)c1. The maximum absolute atomic E-state index is 13.7. The van der Waals surface area contributed by atoms with Crippen LogP contribution in [0.2, 0.25) is 0 Å². The van der Waals surface area contributed by atoms with E-state index >= 15 is 0 Å². The van der Waals surface area contributed by atoms with E-state index in [2.05, 4.69) is 4.90 Å². The van der Waals surface area contributed by atoms with E-state index in [0.717, 1.165) is 35.7 Å². The van der Waals surface area contributed by atoms with Crippen LogP contribution in [0.5, 0.6) is 11.5 Å². The van der Waals surface area contributed by atoms with E-state index in [1.807, 2.05) is 49.1 Å². The second-order valence-corrected chi connectivity index (χ2v) is 9.89. The van der Waals surface area contributed by atoms with Crippen molar-refractivity contribution in [2.45, 2.75) is 32.4 Å². The van der Waals surface area contributed by atoms with E-state index in [9.17, 15) is 13.6 Å². The van der Waals surface area contributed by atoms with Crippen molar-refractivity contribution in [3.8, 4) is 11.5 Å². The molecule has 1 aliphatic heterocycles. The van der Waals surface area contributed by atoms with Gasteiger partial charge in [-0.3, -0.25) is 9.69 Å². The molecule has 5 nitrogen and oxygen atoms in total. The van der Waals surface area contributed by atoms with Crippen LogP contribution >= 0.6 is 0 Å². The molecule has 3 aromatic carbocycles. The Morgan fingerprint density at radius 3 is 2.03 bits per heavy atom. The highest BCUT2D eigenvalue weighted by Crippen LogP contribution is 2.35. The van der Waals surface area contributed by atoms with Gasteiger partial charge in [0.05, 0.1) is 14.2 Å². The van der Waals surface area contributed by atoms with Crippen molar-refractivity contribution in [2.24, 2.45) is 5.92 Å². The second kappa shape index (κ2) is 11.7. The van der Waals surface area contributed by atoms with Crippen molar-refractivity contribution < 1.29 is 23.0 Å². The van der Waals surface area contributed by atoms with Gasteiger partial charge in [0.25, 0.3) is 5.91 Å². The standard InChI is InChI=1S/C30H34F2N2O3/c1-20(2)34(30(35)23-7-11-26(32)12-8-23)18-24-17-33(19-29(24)22-5-9-25(31)10-6-22)16-21-13-27(36-3)15-28(14-21)37-4/h5-15,20,24,29H,16-19H2,1-4H3. The second-order valence-electron chi connectivity index (χ2n) is 9.89. The summed E-state index contributed by atoms with van der Waals surface area (Å²) in [7, 11) is 3.27. The maximum atomic E-state index is 13.7. The number of ether oxygens (including phenoxy) is 2. The first-order valence-corrected chi connectivity index (χ1v) is 12.5. The number of likely N-dealkylation sites (tertiary alicyclic amines) is 1. The summed E-state index contributed by atoms with van der Waals surface area (Å²) in [4.78, 5) is 17.6. The molecule has 4 rings (SSSR count). The summed E-state index contributed by atoms with van der Waals surface area (Å²) < 4.78 is 38.0. The molecule has 2 unspecified atom stereocenters. The highest BCUT2D eigenvalue weighted by Gasteiger charge is 2.36. The highest BCUT2D eigenvalue weighted by molar-refractivity contribution is 5.94. The number of benzene rings is 3. The van der Waals surface area contributed by atoms with Gasteiger partial charge in [0.1, 0.15) is 23.1 Å². The fraction of sp³-hybridized carbons (Fsp3) is 0.367. The molecular weight excluding hydrogens is 474 g/mol. The molecule has 7 heteroatoms. The summed E-state index contributed by atoms with van der Waals surface area (Å²) >= 11 is 0. The van der Waals surface area contributed by atoms with Crippen LogP contribution in [0.15, 0.2) is 66.7 Å². The summed E-state index contributed by atoms with van der Waals surface area (Å²) in [6, 6.07) is 18.2. The average molecular weight is 509 g/mol. The molecule has 1 saturated heterocycles. The Hall–Kier alpha value is -3.45. The first-order valence-electron chi connectivity index (χ1n) is 12.5. The third-order valence-electron chi connectivity index (χ3n) is 7.04. The monoisotopic (exact) mass is 508 g/mol. The normalized spacial score (nSPS) is 17.7. The smallest absolute Gasteiger partial charge is 0.254 e. The minimum absolute atomic E-state index is 0.0388. The van der Waals surface area contributed by atoms with Crippen LogP contribution in [0.1, 0.15) is 41.3 Å². The summed E-state index contributed by atoms with van der Waals surface area (Å²) in [6.45, 7) is 6.74. The quantitative estimate of drug-likeness (QED) is 0.369. The Labute approximate surface area is 217 Å². The first-order chi connectivity index (χ1) is 17.8. The van der Waals surface area contributed by atoms with Crippen LogP contribution in [0, 0.1) is 17.6 Å². The van der Waals surface area contributed by atoms with E-state index < -0.39 is 0 Å². The summed E-state index contributed by atoms with van der Waals surface area (Å²) in [6.07, 6.45) is 0. The Balaban J connectivity index is 1.59. The fourth-order valence-electron chi connectivity index (χ4n) is 5.12. The van der Waals surface area contributed by atoms with E-state index in [1.165, 1.54) is 36.4 Å². The number of rotatable bonds is 9. The minimum atomic E-state index is -0.371. The lowest BCUT2D eigenvalue weighted by atomic mass is 9.88. The number of methoxy groups -OCH3 is 2. The van der Waals surface area contributed by atoms with Gasteiger partial charge >= 0.3 is 0 Å². The summed E-state index contributed by atoms with van der Waals surface area (Å²) in [5.74, 6) is 0.953. The molecule has 0 aromatic heterocycles. The fourth-order valence-corrected chi connectivity index (χ4v) is 5.12. The van der Waals surface area contributed by atoms with Crippen molar-refractivity contribution in [2.75, 3.05) is 33.9 Å². The van der Waals surface area contributed by atoms with Gasteiger partial charge in [-0.15, -0.1) is 0 Å². The number of amides is 1. The zero-order valence-corrected chi connectivity index (χ0v) is 21.8. The van der Waals surface area contributed by atoms with Crippen molar-refractivity contribution in [1.82, 2.24) is 9.80 Å². The van der Waals surface area contributed by atoms with Crippen LogP contribution in [-0.2, 0) is 6.54 Å². The van der Waals surface area contributed by atoms with Crippen LogP contribution in [0.25, 0.3) is 0 Å². The summed E-state index contributed by atoms with van der Waals surface area (Å²) in [5.41, 5.74) is 2.58. The Bertz CT molecular complexity index is 1180. The molecule has 0 radical (unpaired) electrons. The lowest BCUT2D eigenvalue weighted by Gasteiger charge is -2.32. The third kappa shape index (κ3) is 6.46. The van der Waals surface area contributed by atoms with Crippen LogP contribution < -0.4 is 9.47 Å². The Kier molecular flexibility index (Phi) is 8.44. The number of hydrogen-bond donors (Lipinski definition) is 0. The number of hydrogen-bond acceptors (Lipinski definition) is 4. The van der Waals surface area contributed by atoms with Crippen LogP contribution in [-0.4, -0.2) is 55.6 Å². The molecule has 1 amide bonds. The van der Waals surface area contributed by atoms with Crippen LogP contribution in [0.3, 0.4) is 0 Å². The molecule has 0 bridgehead atoms. The topological polar surface area (TPSA) is 42.0 Å². The number of carbonyl (C=O) groups is 1. The van der Waals surface area contributed by atoms with Crippen molar-refractivity contribution in [1.29, 1.82) is 0 Å². The average Bonchev–Trinajstić information content (AvgIpc) is 3.29. The molecule has 196 valence electrons. The van der Waals surface area contributed by atoms with Gasteiger partial charge in [-0.1, -0.05) is 12.1 Å². The zero-order chi connectivity index (χ0) is 26.5. The number of carbonyl (C=O) groups excluding carboxylic acids is 1. The molecule has 1 aliphatic rings. The van der Waals surface area contributed by atoms with Crippen LogP contribution in [0.4, 0.5) is 8.78 Å². The number of halogens is 2. The van der Waals surface area contributed by atoms with E-state index in [4.69, 9.17) is 9.47 Å². The molecule has 1 heterocycles. The van der Waals surface area contributed by atoms with Crippen molar-refractivity contribution in [3.05, 3.63) is 95.1 Å². The molecule has 0 aliphatic carbocycles.